The van der Waals surface area contributed by atoms with Crippen molar-refractivity contribution in [3.63, 3.8) is 0 Å². The molecule has 1 spiro atoms. The number of ether oxygens (including phenoxy) is 1. The molecule has 23 heavy (non-hydrogen) atoms. The largest absolute Gasteiger partial charge is 0.343 e. The van der Waals surface area contributed by atoms with E-state index in [1.807, 2.05) is 43.4 Å². The van der Waals surface area contributed by atoms with Crippen molar-refractivity contribution in [1.29, 1.82) is 0 Å². The van der Waals surface area contributed by atoms with Crippen LogP contribution >= 0.6 is 15.9 Å². The van der Waals surface area contributed by atoms with Crippen molar-refractivity contribution >= 4 is 27.5 Å². The number of amides is 1. The fourth-order valence-electron chi connectivity index (χ4n) is 3.46. The van der Waals surface area contributed by atoms with Crippen molar-refractivity contribution in [2.75, 3.05) is 25.2 Å². The smallest absolute Gasteiger partial charge is 0.265 e. The Hall–Kier alpha value is -1.69. The molecule has 0 bridgehead atoms. The van der Waals surface area contributed by atoms with Crippen LogP contribution in [0.2, 0.25) is 0 Å². The topological polar surface area (TPSA) is 32.8 Å². The highest BCUT2D eigenvalue weighted by Gasteiger charge is 2.55. The molecule has 118 valence electrons. The molecule has 2 aromatic rings. The molecule has 2 heterocycles. The minimum absolute atomic E-state index is 0.0150. The summed E-state index contributed by atoms with van der Waals surface area (Å²) in [6.07, 6.45) is 0. The summed E-state index contributed by atoms with van der Waals surface area (Å²) >= 11 is 3.51. The maximum Gasteiger partial charge on any atom is 0.265 e. The molecule has 0 aliphatic carbocycles. The second-order valence-electron chi connectivity index (χ2n) is 6.10. The van der Waals surface area contributed by atoms with E-state index in [9.17, 15) is 4.79 Å². The molecule has 4 nitrogen and oxygen atoms in total. The predicted molar refractivity (Wildman–Crippen MR) is 92.0 cm³/mol. The number of benzene rings is 2. The van der Waals surface area contributed by atoms with Crippen molar-refractivity contribution in [3.05, 3.63) is 64.1 Å². The maximum absolute atomic E-state index is 12.9. The Kier molecular flexibility index (Phi) is 3.52. The van der Waals surface area contributed by atoms with Gasteiger partial charge in [-0.3, -0.25) is 9.69 Å². The van der Waals surface area contributed by atoms with Crippen molar-refractivity contribution < 1.29 is 9.53 Å². The van der Waals surface area contributed by atoms with Crippen LogP contribution in [0.4, 0.5) is 5.69 Å². The second kappa shape index (κ2) is 5.44. The van der Waals surface area contributed by atoms with Gasteiger partial charge in [-0.2, -0.15) is 0 Å². The molecule has 2 aliphatic rings. The third-order valence-corrected chi connectivity index (χ3v) is 5.09. The lowest BCUT2D eigenvalue weighted by molar-refractivity contribution is -0.136. The Morgan fingerprint density at radius 2 is 2.00 bits per heavy atom. The SMILES string of the molecule is CN1C(=O)C2(CN(Cc3ccccc3)CO2)c2cc(Br)ccc21. The number of fused-ring (bicyclic) bond motifs is 2. The molecule has 0 saturated carbocycles. The van der Waals surface area contributed by atoms with Crippen molar-refractivity contribution in [2.45, 2.75) is 12.1 Å². The van der Waals surface area contributed by atoms with Crippen LogP contribution in [0.25, 0.3) is 0 Å². The Morgan fingerprint density at radius 3 is 2.78 bits per heavy atom. The molecule has 2 aliphatic heterocycles. The fourth-order valence-corrected chi connectivity index (χ4v) is 3.82. The summed E-state index contributed by atoms with van der Waals surface area (Å²) in [7, 11) is 1.81. The van der Waals surface area contributed by atoms with Crippen LogP contribution in [0.15, 0.2) is 53.0 Å². The lowest BCUT2D eigenvalue weighted by Gasteiger charge is -2.21. The van der Waals surface area contributed by atoms with Crippen LogP contribution in [-0.4, -0.2) is 31.1 Å². The molecular weight excluding hydrogens is 356 g/mol. The number of halogens is 1. The van der Waals surface area contributed by atoms with Gasteiger partial charge in [0.15, 0.2) is 5.60 Å². The quantitative estimate of drug-likeness (QED) is 0.811. The van der Waals surface area contributed by atoms with Crippen molar-refractivity contribution in [1.82, 2.24) is 4.90 Å². The van der Waals surface area contributed by atoms with Gasteiger partial charge in [0.05, 0.1) is 5.69 Å². The van der Waals surface area contributed by atoms with Gasteiger partial charge in [0.1, 0.15) is 6.73 Å². The van der Waals surface area contributed by atoms with E-state index < -0.39 is 5.60 Å². The summed E-state index contributed by atoms with van der Waals surface area (Å²) in [6.45, 7) is 1.82. The number of hydrogen-bond donors (Lipinski definition) is 0. The fraction of sp³-hybridized carbons (Fsp3) is 0.278. The van der Waals surface area contributed by atoms with E-state index in [2.05, 4.69) is 33.0 Å². The van der Waals surface area contributed by atoms with E-state index in [1.165, 1.54) is 5.56 Å². The molecule has 1 atom stereocenters. The van der Waals surface area contributed by atoms with Gasteiger partial charge in [-0.25, -0.2) is 0 Å². The molecule has 1 amide bonds. The van der Waals surface area contributed by atoms with Crippen LogP contribution < -0.4 is 4.90 Å². The number of anilines is 1. The summed E-state index contributed by atoms with van der Waals surface area (Å²) in [6, 6.07) is 16.2. The van der Waals surface area contributed by atoms with Gasteiger partial charge in [-0.15, -0.1) is 0 Å². The van der Waals surface area contributed by atoms with Crippen LogP contribution in [0.1, 0.15) is 11.1 Å². The number of carbonyl (C=O) groups is 1. The number of carbonyl (C=O) groups excluding carboxylic acids is 1. The summed E-state index contributed by atoms with van der Waals surface area (Å²) in [4.78, 5) is 16.7. The van der Waals surface area contributed by atoms with Gasteiger partial charge in [-0.1, -0.05) is 46.3 Å². The zero-order valence-electron chi connectivity index (χ0n) is 12.8. The Morgan fingerprint density at radius 1 is 1.22 bits per heavy atom. The van der Waals surface area contributed by atoms with E-state index in [0.29, 0.717) is 13.3 Å². The zero-order valence-corrected chi connectivity index (χ0v) is 14.4. The number of hydrogen-bond acceptors (Lipinski definition) is 3. The molecule has 0 aromatic heterocycles. The molecule has 2 aromatic carbocycles. The van der Waals surface area contributed by atoms with E-state index in [0.717, 1.165) is 22.3 Å². The van der Waals surface area contributed by atoms with Gasteiger partial charge in [0.2, 0.25) is 0 Å². The summed E-state index contributed by atoms with van der Waals surface area (Å²) in [5.74, 6) is 0.0150. The standard InChI is InChI=1S/C18H17BrN2O2/c1-20-16-8-7-14(19)9-15(16)18(17(20)22)11-21(12-23-18)10-13-5-3-2-4-6-13/h2-9H,10-12H2,1H3. The highest BCUT2D eigenvalue weighted by molar-refractivity contribution is 9.10. The first kappa shape index (κ1) is 14.9. The Labute approximate surface area is 143 Å². The van der Waals surface area contributed by atoms with Gasteiger partial charge in [0.25, 0.3) is 5.91 Å². The Balaban J connectivity index is 1.65. The van der Waals surface area contributed by atoms with Gasteiger partial charge < -0.3 is 9.64 Å². The second-order valence-corrected chi connectivity index (χ2v) is 7.01. The third kappa shape index (κ3) is 2.31. The minimum atomic E-state index is -0.872. The third-order valence-electron chi connectivity index (χ3n) is 4.59. The average molecular weight is 373 g/mol. The van der Waals surface area contributed by atoms with E-state index in [-0.39, 0.29) is 5.91 Å². The predicted octanol–water partition coefficient (Wildman–Crippen LogP) is 3.11. The van der Waals surface area contributed by atoms with E-state index in [1.54, 1.807) is 4.90 Å². The van der Waals surface area contributed by atoms with Crippen LogP contribution in [-0.2, 0) is 21.7 Å². The van der Waals surface area contributed by atoms with E-state index >= 15 is 0 Å². The number of likely N-dealkylation sites (N-methyl/N-ethyl adjacent to an activating group) is 1. The van der Waals surface area contributed by atoms with Crippen LogP contribution in [0, 0.1) is 0 Å². The summed E-state index contributed by atoms with van der Waals surface area (Å²) < 4.78 is 7.03. The monoisotopic (exact) mass is 372 g/mol. The van der Waals surface area contributed by atoms with Crippen LogP contribution in [0.3, 0.4) is 0 Å². The molecule has 0 N–H and O–H groups in total. The highest BCUT2D eigenvalue weighted by atomic mass is 79.9. The molecular formula is C18H17BrN2O2. The van der Waals surface area contributed by atoms with Gasteiger partial charge in [-0.05, 0) is 23.8 Å². The van der Waals surface area contributed by atoms with Crippen molar-refractivity contribution in [2.24, 2.45) is 0 Å². The zero-order chi connectivity index (χ0) is 16.0. The van der Waals surface area contributed by atoms with Gasteiger partial charge >= 0.3 is 0 Å². The normalized spacial score (nSPS) is 23.7. The molecule has 4 rings (SSSR count). The molecule has 1 unspecified atom stereocenters. The molecule has 5 heteroatoms. The maximum atomic E-state index is 12.9. The van der Waals surface area contributed by atoms with Crippen LogP contribution in [0.5, 0.6) is 0 Å². The summed E-state index contributed by atoms with van der Waals surface area (Å²) in [5.41, 5.74) is 2.24. The lowest BCUT2D eigenvalue weighted by Crippen LogP contribution is -2.41. The average Bonchev–Trinajstić information content (AvgIpc) is 3.06. The van der Waals surface area contributed by atoms with Crippen molar-refractivity contribution in [3.8, 4) is 0 Å². The highest BCUT2D eigenvalue weighted by Crippen LogP contribution is 2.46. The molecule has 1 fully saturated rings. The first-order valence-corrected chi connectivity index (χ1v) is 8.38. The first-order chi connectivity index (χ1) is 11.1. The first-order valence-electron chi connectivity index (χ1n) is 7.58. The van der Waals surface area contributed by atoms with Gasteiger partial charge in [0, 0.05) is 30.2 Å². The number of rotatable bonds is 2. The minimum Gasteiger partial charge on any atom is -0.343 e. The summed E-state index contributed by atoms with van der Waals surface area (Å²) in [5, 5.41) is 0. The number of nitrogens with zero attached hydrogens (tertiary/aromatic N) is 2. The molecule has 1 saturated heterocycles. The lowest BCUT2D eigenvalue weighted by atomic mass is 9.95. The molecule has 0 radical (unpaired) electrons. The Bertz CT molecular complexity index is 765. The van der Waals surface area contributed by atoms with E-state index in [4.69, 9.17) is 4.74 Å².